The van der Waals surface area contributed by atoms with E-state index < -0.39 is 0 Å². The van der Waals surface area contributed by atoms with Gasteiger partial charge in [-0.1, -0.05) is 71.9 Å². The summed E-state index contributed by atoms with van der Waals surface area (Å²) >= 11 is 0. The molecule has 0 fully saturated rings. The van der Waals surface area contributed by atoms with Crippen molar-refractivity contribution >= 4 is 5.91 Å². The molecule has 166 valence electrons. The van der Waals surface area contributed by atoms with E-state index in [1.54, 1.807) is 11.9 Å². The van der Waals surface area contributed by atoms with Gasteiger partial charge in [0.25, 0.3) is 5.91 Å². The minimum absolute atomic E-state index is 0.0760. The molecule has 1 aromatic heterocycles. The van der Waals surface area contributed by atoms with Crippen LogP contribution in [0.5, 0.6) is 0 Å². The summed E-state index contributed by atoms with van der Waals surface area (Å²) in [6.45, 7) is 3.15. The highest BCUT2D eigenvalue weighted by Crippen LogP contribution is 2.21. The molecule has 0 N–H and O–H groups in total. The highest BCUT2D eigenvalue weighted by atomic mass is 16.5. The zero-order valence-corrected chi connectivity index (χ0v) is 18.6. The predicted octanol–water partition coefficient (Wildman–Crippen LogP) is 4.57. The fourth-order valence-electron chi connectivity index (χ4n) is 4.22. The van der Waals surface area contributed by atoms with Crippen molar-refractivity contribution < 1.29 is 9.32 Å². The van der Waals surface area contributed by atoms with E-state index in [0.717, 1.165) is 31.6 Å². The Kier molecular flexibility index (Phi) is 6.00. The van der Waals surface area contributed by atoms with Gasteiger partial charge < -0.3 is 9.42 Å². The molecule has 6 nitrogen and oxygen atoms in total. The number of fused-ring (bicyclic) bond motifs is 1. The number of rotatable bonds is 6. The van der Waals surface area contributed by atoms with Crippen LogP contribution in [0.3, 0.4) is 0 Å². The van der Waals surface area contributed by atoms with Gasteiger partial charge in [0.1, 0.15) is 0 Å². The summed E-state index contributed by atoms with van der Waals surface area (Å²) in [7, 11) is 1.74. The summed E-state index contributed by atoms with van der Waals surface area (Å²) in [5.41, 5.74) is 5.60. The standard InChI is InChI=1S/C27H26N4O2/c1-30(19-25-28-26(29-33-25)22-8-3-2-4-9-22)27(32)23-13-11-20(12-14-23)17-31-16-15-21-7-5-6-10-24(21)18-31/h2-14H,15-19H2,1H3. The number of hydrogen-bond acceptors (Lipinski definition) is 5. The van der Waals surface area contributed by atoms with Gasteiger partial charge in [-0.15, -0.1) is 0 Å². The van der Waals surface area contributed by atoms with E-state index >= 15 is 0 Å². The first-order valence-electron chi connectivity index (χ1n) is 11.2. The van der Waals surface area contributed by atoms with Crippen molar-refractivity contribution in [2.24, 2.45) is 0 Å². The average molecular weight is 439 g/mol. The number of carbonyl (C=O) groups is 1. The Morgan fingerprint density at radius 2 is 1.70 bits per heavy atom. The van der Waals surface area contributed by atoms with Crippen molar-refractivity contribution in [2.45, 2.75) is 26.1 Å². The molecule has 33 heavy (non-hydrogen) atoms. The molecule has 0 bridgehead atoms. The Labute approximate surface area is 193 Å². The molecular formula is C27H26N4O2. The topological polar surface area (TPSA) is 62.5 Å². The minimum atomic E-state index is -0.0760. The van der Waals surface area contributed by atoms with E-state index in [1.807, 2.05) is 54.6 Å². The SMILES string of the molecule is CN(Cc1nc(-c2ccccc2)no1)C(=O)c1ccc(CN2CCc3ccccc3C2)cc1. The lowest BCUT2D eigenvalue weighted by molar-refractivity contribution is 0.0769. The van der Waals surface area contributed by atoms with Gasteiger partial charge in [-0.05, 0) is 35.2 Å². The summed E-state index contributed by atoms with van der Waals surface area (Å²) in [5, 5.41) is 4.02. The predicted molar refractivity (Wildman–Crippen MR) is 126 cm³/mol. The Hall–Kier alpha value is -3.77. The highest BCUT2D eigenvalue weighted by molar-refractivity contribution is 5.94. The van der Waals surface area contributed by atoms with Gasteiger partial charge in [0.05, 0.1) is 6.54 Å². The average Bonchev–Trinajstić information content (AvgIpc) is 3.33. The molecular weight excluding hydrogens is 412 g/mol. The van der Waals surface area contributed by atoms with Gasteiger partial charge in [0.2, 0.25) is 11.7 Å². The first kappa shape index (κ1) is 21.1. The molecule has 5 rings (SSSR count). The maximum atomic E-state index is 12.9. The molecule has 0 saturated carbocycles. The van der Waals surface area contributed by atoms with Crippen LogP contribution in [0.4, 0.5) is 0 Å². The van der Waals surface area contributed by atoms with Crippen molar-refractivity contribution in [3.63, 3.8) is 0 Å². The summed E-state index contributed by atoms with van der Waals surface area (Å²) < 4.78 is 5.34. The zero-order valence-electron chi connectivity index (χ0n) is 18.6. The zero-order chi connectivity index (χ0) is 22.6. The molecule has 2 heterocycles. The molecule has 0 radical (unpaired) electrons. The lowest BCUT2D eigenvalue weighted by Crippen LogP contribution is -2.30. The van der Waals surface area contributed by atoms with E-state index in [0.29, 0.717) is 17.3 Å². The van der Waals surface area contributed by atoms with Gasteiger partial charge >= 0.3 is 0 Å². The van der Waals surface area contributed by atoms with Crippen LogP contribution in [-0.2, 0) is 26.1 Å². The van der Waals surface area contributed by atoms with Crippen molar-refractivity contribution in [1.29, 1.82) is 0 Å². The number of amides is 1. The van der Waals surface area contributed by atoms with Crippen LogP contribution >= 0.6 is 0 Å². The second-order valence-electron chi connectivity index (χ2n) is 8.47. The maximum Gasteiger partial charge on any atom is 0.254 e. The summed E-state index contributed by atoms with van der Waals surface area (Å²) in [4.78, 5) is 21.4. The molecule has 0 atom stereocenters. The quantitative estimate of drug-likeness (QED) is 0.441. The number of hydrogen-bond donors (Lipinski definition) is 0. The number of aromatic nitrogens is 2. The van der Waals surface area contributed by atoms with Crippen LogP contribution in [0, 0.1) is 0 Å². The lowest BCUT2D eigenvalue weighted by atomic mass is 9.99. The van der Waals surface area contributed by atoms with E-state index in [-0.39, 0.29) is 12.5 Å². The second-order valence-corrected chi connectivity index (χ2v) is 8.47. The van der Waals surface area contributed by atoms with E-state index in [2.05, 4.69) is 39.3 Å². The van der Waals surface area contributed by atoms with Crippen LogP contribution in [-0.4, -0.2) is 39.4 Å². The highest BCUT2D eigenvalue weighted by Gasteiger charge is 2.18. The fraction of sp³-hybridized carbons (Fsp3) is 0.222. The third-order valence-electron chi connectivity index (χ3n) is 6.04. The molecule has 0 aliphatic carbocycles. The van der Waals surface area contributed by atoms with Gasteiger partial charge in [0, 0.05) is 37.8 Å². The van der Waals surface area contributed by atoms with Gasteiger partial charge in [-0.2, -0.15) is 4.98 Å². The van der Waals surface area contributed by atoms with Gasteiger partial charge in [0.15, 0.2) is 0 Å². The van der Waals surface area contributed by atoms with Crippen molar-refractivity contribution in [2.75, 3.05) is 13.6 Å². The lowest BCUT2D eigenvalue weighted by Gasteiger charge is -2.28. The Morgan fingerprint density at radius 1 is 0.970 bits per heavy atom. The molecule has 1 aliphatic heterocycles. The van der Waals surface area contributed by atoms with Crippen molar-refractivity contribution in [3.05, 3.63) is 107 Å². The molecule has 1 amide bonds. The molecule has 4 aromatic rings. The van der Waals surface area contributed by atoms with E-state index in [4.69, 9.17) is 4.52 Å². The number of nitrogens with zero attached hydrogens (tertiary/aromatic N) is 4. The van der Waals surface area contributed by atoms with Crippen molar-refractivity contribution in [1.82, 2.24) is 19.9 Å². The fourth-order valence-corrected chi connectivity index (χ4v) is 4.22. The van der Waals surface area contributed by atoms with E-state index in [9.17, 15) is 4.79 Å². The Morgan fingerprint density at radius 3 is 2.48 bits per heavy atom. The van der Waals surface area contributed by atoms with Gasteiger partial charge in [-0.25, -0.2) is 0 Å². The van der Waals surface area contributed by atoms with Gasteiger partial charge in [-0.3, -0.25) is 9.69 Å². The van der Waals surface area contributed by atoms with E-state index in [1.165, 1.54) is 16.7 Å². The number of carbonyl (C=O) groups excluding carboxylic acids is 1. The summed E-state index contributed by atoms with van der Waals surface area (Å²) in [5.74, 6) is 0.857. The third kappa shape index (κ3) is 4.86. The Balaban J connectivity index is 1.19. The first-order valence-corrected chi connectivity index (χ1v) is 11.2. The van der Waals surface area contributed by atoms with Crippen LogP contribution in [0.15, 0.2) is 83.4 Å². The van der Waals surface area contributed by atoms with Crippen molar-refractivity contribution in [3.8, 4) is 11.4 Å². The molecule has 0 unspecified atom stereocenters. The smallest absolute Gasteiger partial charge is 0.254 e. The second kappa shape index (κ2) is 9.38. The first-order chi connectivity index (χ1) is 16.2. The molecule has 0 spiro atoms. The third-order valence-corrected chi connectivity index (χ3v) is 6.04. The largest absolute Gasteiger partial charge is 0.337 e. The molecule has 1 aliphatic rings. The molecule has 3 aromatic carbocycles. The number of benzene rings is 3. The van der Waals surface area contributed by atoms with Crippen LogP contribution in [0.2, 0.25) is 0 Å². The van der Waals surface area contributed by atoms with Crippen LogP contribution in [0.25, 0.3) is 11.4 Å². The van der Waals surface area contributed by atoms with Crippen LogP contribution in [0.1, 0.15) is 32.9 Å². The monoisotopic (exact) mass is 438 g/mol. The normalized spacial score (nSPS) is 13.5. The molecule has 0 saturated heterocycles. The molecule has 6 heteroatoms. The summed E-state index contributed by atoms with van der Waals surface area (Å²) in [6.07, 6.45) is 1.08. The van der Waals surface area contributed by atoms with Crippen LogP contribution < -0.4 is 0 Å². The minimum Gasteiger partial charge on any atom is -0.337 e. The maximum absolute atomic E-state index is 12.9. The summed E-state index contributed by atoms with van der Waals surface area (Å²) in [6, 6.07) is 26.2. The Bertz CT molecular complexity index is 1230.